The Bertz CT molecular complexity index is 1070. The van der Waals surface area contributed by atoms with Gasteiger partial charge in [0.15, 0.2) is 5.78 Å². The maximum atomic E-state index is 13.4. The SMILES string of the molecule is Cc1ccc(CCN[C@H](C(=O)c2c[nH]c3ccccc23)c2ccccc2)cn1. The van der Waals surface area contributed by atoms with Crippen LogP contribution in [-0.2, 0) is 6.42 Å². The second-order valence-corrected chi connectivity index (χ2v) is 6.97. The molecule has 0 aliphatic carbocycles. The second-order valence-electron chi connectivity index (χ2n) is 6.97. The van der Waals surface area contributed by atoms with Crippen LogP contribution in [0.1, 0.15) is 33.2 Å². The highest BCUT2D eigenvalue weighted by atomic mass is 16.1. The van der Waals surface area contributed by atoms with Crippen molar-refractivity contribution < 1.29 is 4.79 Å². The number of aromatic amines is 1. The number of hydrogen-bond donors (Lipinski definition) is 2. The van der Waals surface area contributed by atoms with Crippen molar-refractivity contribution in [3.63, 3.8) is 0 Å². The first kappa shape index (κ1) is 18.1. The van der Waals surface area contributed by atoms with E-state index in [2.05, 4.69) is 21.4 Å². The van der Waals surface area contributed by atoms with E-state index in [9.17, 15) is 4.79 Å². The van der Waals surface area contributed by atoms with E-state index in [4.69, 9.17) is 0 Å². The van der Waals surface area contributed by atoms with Crippen LogP contribution in [0.25, 0.3) is 10.9 Å². The first-order valence-corrected chi connectivity index (χ1v) is 9.52. The number of nitrogens with zero attached hydrogens (tertiary/aromatic N) is 1. The van der Waals surface area contributed by atoms with E-state index in [0.29, 0.717) is 12.1 Å². The predicted molar refractivity (Wildman–Crippen MR) is 112 cm³/mol. The van der Waals surface area contributed by atoms with Gasteiger partial charge in [-0.1, -0.05) is 54.6 Å². The van der Waals surface area contributed by atoms with Crippen molar-refractivity contribution in [1.82, 2.24) is 15.3 Å². The third-order valence-electron chi connectivity index (χ3n) is 4.98. The Labute approximate surface area is 164 Å². The Kier molecular flexibility index (Phi) is 5.31. The number of hydrogen-bond acceptors (Lipinski definition) is 3. The topological polar surface area (TPSA) is 57.8 Å². The van der Waals surface area contributed by atoms with Gasteiger partial charge in [-0.05, 0) is 36.6 Å². The van der Waals surface area contributed by atoms with Crippen molar-refractivity contribution in [1.29, 1.82) is 0 Å². The minimum atomic E-state index is -0.390. The molecular formula is C24H23N3O. The molecule has 0 aliphatic rings. The molecule has 2 aromatic carbocycles. The van der Waals surface area contributed by atoms with Crippen LogP contribution in [-0.4, -0.2) is 22.3 Å². The van der Waals surface area contributed by atoms with E-state index in [1.165, 1.54) is 0 Å². The highest BCUT2D eigenvalue weighted by Gasteiger charge is 2.23. The van der Waals surface area contributed by atoms with E-state index in [0.717, 1.165) is 34.1 Å². The highest BCUT2D eigenvalue weighted by molar-refractivity contribution is 6.10. The van der Waals surface area contributed by atoms with Crippen LogP contribution in [0.2, 0.25) is 0 Å². The van der Waals surface area contributed by atoms with Gasteiger partial charge in [-0.15, -0.1) is 0 Å². The maximum absolute atomic E-state index is 13.4. The van der Waals surface area contributed by atoms with Gasteiger partial charge in [0.1, 0.15) is 0 Å². The fraction of sp³-hybridized carbons (Fsp3) is 0.167. The molecule has 4 heteroatoms. The molecule has 2 heterocycles. The number of Topliss-reactive ketones (excluding diaryl/α,β-unsaturated/α-hetero) is 1. The summed E-state index contributed by atoms with van der Waals surface area (Å²) in [6, 6.07) is 21.5. The molecule has 0 spiro atoms. The monoisotopic (exact) mass is 369 g/mol. The van der Waals surface area contributed by atoms with Gasteiger partial charge in [-0.3, -0.25) is 9.78 Å². The van der Waals surface area contributed by atoms with Crippen LogP contribution in [0.4, 0.5) is 0 Å². The molecule has 4 rings (SSSR count). The zero-order valence-electron chi connectivity index (χ0n) is 15.9. The molecule has 2 aromatic heterocycles. The quantitative estimate of drug-likeness (QED) is 0.467. The molecule has 0 saturated heterocycles. The van der Waals surface area contributed by atoms with E-state index in [1.54, 1.807) is 0 Å². The number of aryl methyl sites for hydroxylation is 1. The molecule has 0 fully saturated rings. The predicted octanol–water partition coefficient (Wildman–Crippen LogP) is 4.63. The van der Waals surface area contributed by atoms with Crippen LogP contribution in [0.5, 0.6) is 0 Å². The van der Waals surface area contributed by atoms with Gasteiger partial charge in [0.05, 0.1) is 6.04 Å². The standard InChI is InChI=1S/C24H23N3O/c1-17-11-12-18(15-26-17)13-14-25-23(19-7-3-2-4-8-19)24(28)21-16-27-22-10-6-5-9-20(21)22/h2-12,15-16,23,25,27H,13-14H2,1H3/t23-/m0/s1. The molecule has 0 unspecified atom stereocenters. The van der Waals surface area contributed by atoms with Gasteiger partial charge in [-0.2, -0.15) is 0 Å². The number of fused-ring (bicyclic) bond motifs is 1. The smallest absolute Gasteiger partial charge is 0.186 e. The molecule has 140 valence electrons. The second kappa shape index (κ2) is 8.19. The number of para-hydroxylation sites is 1. The van der Waals surface area contributed by atoms with Gasteiger partial charge < -0.3 is 10.3 Å². The molecular weight excluding hydrogens is 346 g/mol. The van der Waals surface area contributed by atoms with Crippen molar-refractivity contribution in [2.45, 2.75) is 19.4 Å². The molecule has 0 amide bonds. The fourth-order valence-electron chi connectivity index (χ4n) is 3.45. The van der Waals surface area contributed by atoms with Crippen molar-refractivity contribution >= 4 is 16.7 Å². The molecule has 0 radical (unpaired) electrons. The largest absolute Gasteiger partial charge is 0.360 e. The Morgan fingerprint density at radius 1 is 1.04 bits per heavy atom. The number of carbonyl (C=O) groups excluding carboxylic acids is 1. The number of H-pyrrole nitrogens is 1. The first-order valence-electron chi connectivity index (χ1n) is 9.52. The summed E-state index contributed by atoms with van der Waals surface area (Å²) in [5.41, 5.74) is 4.83. The number of ketones is 1. The lowest BCUT2D eigenvalue weighted by Crippen LogP contribution is -2.30. The maximum Gasteiger partial charge on any atom is 0.186 e. The highest BCUT2D eigenvalue weighted by Crippen LogP contribution is 2.24. The number of aromatic nitrogens is 2. The molecule has 1 atom stereocenters. The van der Waals surface area contributed by atoms with Crippen molar-refractivity contribution in [3.8, 4) is 0 Å². The summed E-state index contributed by atoms with van der Waals surface area (Å²) in [4.78, 5) is 21.0. The summed E-state index contributed by atoms with van der Waals surface area (Å²) >= 11 is 0. The minimum absolute atomic E-state index is 0.0747. The van der Waals surface area contributed by atoms with Crippen LogP contribution in [0.3, 0.4) is 0 Å². The van der Waals surface area contributed by atoms with Gasteiger partial charge in [-0.25, -0.2) is 0 Å². The molecule has 4 nitrogen and oxygen atoms in total. The van der Waals surface area contributed by atoms with E-state index in [1.807, 2.05) is 80.0 Å². The lowest BCUT2D eigenvalue weighted by molar-refractivity contribution is 0.0945. The average Bonchev–Trinajstić information content (AvgIpc) is 3.17. The van der Waals surface area contributed by atoms with Gasteiger partial charge in [0, 0.05) is 41.1 Å². The van der Waals surface area contributed by atoms with E-state index >= 15 is 0 Å². The number of carbonyl (C=O) groups is 1. The van der Waals surface area contributed by atoms with E-state index in [-0.39, 0.29) is 11.8 Å². The zero-order valence-corrected chi connectivity index (χ0v) is 15.9. The third kappa shape index (κ3) is 3.87. The molecule has 2 N–H and O–H groups in total. The molecule has 0 saturated carbocycles. The summed E-state index contributed by atoms with van der Waals surface area (Å²) in [6.45, 7) is 2.67. The van der Waals surface area contributed by atoms with Crippen molar-refractivity contribution in [2.75, 3.05) is 6.54 Å². The zero-order chi connectivity index (χ0) is 19.3. The first-order chi connectivity index (χ1) is 13.7. The lowest BCUT2D eigenvalue weighted by atomic mass is 9.96. The van der Waals surface area contributed by atoms with Crippen LogP contribution >= 0.6 is 0 Å². The Morgan fingerprint density at radius 3 is 2.61 bits per heavy atom. The van der Waals surface area contributed by atoms with E-state index < -0.39 is 0 Å². The van der Waals surface area contributed by atoms with Crippen molar-refractivity contribution in [3.05, 3.63) is 102 Å². The third-order valence-corrected chi connectivity index (χ3v) is 4.98. The Morgan fingerprint density at radius 2 is 1.82 bits per heavy atom. The fourth-order valence-corrected chi connectivity index (χ4v) is 3.45. The van der Waals surface area contributed by atoms with Gasteiger partial charge in [0.25, 0.3) is 0 Å². The summed E-state index contributed by atoms with van der Waals surface area (Å²) in [7, 11) is 0. The average molecular weight is 369 g/mol. The summed E-state index contributed by atoms with van der Waals surface area (Å²) in [5.74, 6) is 0.0747. The molecule has 0 bridgehead atoms. The number of benzene rings is 2. The number of nitrogens with one attached hydrogen (secondary N) is 2. The lowest BCUT2D eigenvalue weighted by Gasteiger charge is -2.18. The normalized spacial score (nSPS) is 12.2. The summed E-state index contributed by atoms with van der Waals surface area (Å²) in [6.07, 6.45) is 4.53. The van der Waals surface area contributed by atoms with Crippen molar-refractivity contribution in [2.24, 2.45) is 0 Å². The summed E-state index contributed by atoms with van der Waals surface area (Å²) in [5, 5.41) is 4.42. The minimum Gasteiger partial charge on any atom is -0.360 e. The summed E-state index contributed by atoms with van der Waals surface area (Å²) < 4.78 is 0. The van der Waals surface area contributed by atoms with Crippen LogP contribution in [0, 0.1) is 6.92 Å². The van der Waals surface area contributed by atoms with Crippen LogP contribution in [0.15, 0.2) is 79.1 Å². The Hall–Kier alpha value is -3.24. The molecule has 4 aromatic rings. The molecule has 28 heavy (non-hydrogen) atoms. The Balaban J connectivity index is 1.57. The number of pyridine rings is 1. The van der Waals surface area contributed by atoms with Crippen LogP contribution < -0.4 is 5.32 Å². The number of rotatable bonds is 7. The van der Waals surface area contributed by atoms with Gasteiger partial charge in [0.2, 0.25) is 0 Å². The van der Waals surface area contributed by atoms with Gasteiger partial charge >= 0.3 is 0 Å². The molecule has 0 aliphatic heterocycles.